The van der Waals surface area contributed by atoms with Gasteiger partial charge in [0.25, 0.3) is 0 Å². The molecule has 1 atom stereocenters. The van der Waals surface area contributed by atoms with Crippen LogP contribution in [-0.4, -0.2) is 37.2 Å². The monoisotopic (exact) mass is 536 g/mol. The number of halogens is 4. The van der Waals surface area contributed by atoms with Crippen LogP contribution in [0.2, 0.25) is 0 Å². The summed E-state index contributed by atoms with van der Waals surface area (Å²) >= 11 is 3.63. The normalized spacial score (nSPS) is 15.8. The van der Waals surface area contributed by atoms with Gasteiger partial charge in [0, 0.05) is 19.1 Å². The predicted molar refractivity (Wildman–Crippen MR) is 133 cm³/mol. The Morgan fingerprint density at radius 3 is 2.52 bits per heavy atom. The van der Waals surface area contributed by atoms with Gasteiger partial charge in [-0.25, -0.2) is 4.39 Å². The summed E-state index contributed by atoms with van der Waals surface area (Å²) in [6, 6.07) is 11.1. The second-order valence-electron chi connectivity index (χ2n) is 7.31. The number of hydrogen-bond donors (Lipinski definition) is 1. The molecule has 0 spiro atoms. The number of benzene rings is 2. The third-order valence-corrected chi connectivity index (χ3v) is 5.87. The van der Waals surface area contributed by atoms with E-state index in [1.165, 1.54) is 31.5 Å². The molecule has 31 heavy (non-hydrogen) atoms. The van der Waals surface area contributed by atoms with Crippen molar-refractivity contribution in [3.63, 3.8) is 0 Å². The van der Waals surface area contributed by atoms with Crippen molar-refractivity contribution in [1.82, 2.24) is 10.2 Å². The summed E-state index contributed by atoms with van der Waals surface area (Å²) in [6.07, 6.45) is 2.56. The van der Waals surface area contributed by atoms with E-state index in [2.05, 4.69) is 39.1 Å². The largest absolute Gasteiger partial charge is 0.490 e. The molecular weight excluding hydrogens is 506 g/mol. The zero-order chi connectivity index (χ0) is 20.6. The maximum Gasteiger partial charge on any atom is 0.175 e. The highest BCUT2D eigenvalue weighted by Gasteiger charge is 2.22. The number of ether oxygens (including phenoxy) is 2. The van der Waals surface area contributed by atoms with Gasteiger partial charge in [0.05, 0.1) is 11.1 Å². The van der Waals surface area contributed by atoms with Crippen LogP contribution >= 0.6 is 40.7 Å². The Balaban J connectivity index is 0.00000240. The standard InChI is InChI=1S/C23H30BrFN2O2.2ClH/c1-3-27-11-5-6-20(27)15-26-14-18-12-21(24)23(22(13-18)28-4-2)29-16-17-7-9-19(25)10-8-17;;/h7-10,12-13,20,26H,3-6,11,14-16H2,1-2H3;2*1H. The van der Waals surface area contributed by atoms with Gasteiger partial charge < -0.3 is 14.8 Å². The third kappa shape index (κ3) is 8.10. The van der Waals surface area contributed by atoms with E-state index in [9.17, 15) is 4.39 Å². The first-order chi connectivity index (χ1) is 14.1. The fourth-order valence-corrected chi connectivity index (χ4v) is 4.39. The van der Waals surface area contributed by atoms with E-state index in [4.69, 9.17) is 9.47 Å². The van der Waals surface area contributed by atoms with Gasteiger partial charge in [0.1, 0.15) is 12.4 Å². The van der Waals surface area contributed by atoms with Crippen molar-refractivity contribution in [1.29, 1.82) is 0 Å². The van der Waals surface area contributed by atoms with Crippen LogP contribution < -0.4 is 14.8 Å². The second kappa shape index (κ2) is 14.2. The van der Waals surface area contributed by atoms with E-state index >= 15 is 0 Å². The highest BCUT2D eigenvalue weighted by Crippen LogP contribution is 2.37. The summed E-state index contributed by atoms with van der Waals surface area (Å²) in [6.45, 7) is 9.21. The highest BCUT2D eigenvalue weighted by atomic mass is 79.9. The van der Waals surface area contributed by atoms with Gasteiger partial charge in [-0.3, -0.25) is 4.90 Å². The van der Waals surface area contributed by atoms with Crippen LogP contribution in [0.15, 0.2) is 40.9 Å². The molecule has 1 fully saturated rings. The van der Waals surface area contributed by atoms with Gasteiger partial charge in [-0.15, -0.1) is 24.8 Å². The maximum absolute atomic E-state index is 13.1. The van der Waals surface area contributed by atoms with Crippen LogP contribution in [0.3, 0.4) is 0 Å². The van der Waals surface area contributed by atoms with Gasteiger partial charge in [-0.2, -0.15) is 0 Å². The average molecular weight is 538 g/mol. The number of rotatable bonds is 10. The zero-order valence-electron chi connectivity index (χ0n) is 18.0. The summed E-state index contributed by atoms with van der Waals surface area (Å²) in [7, 11) is 0. The van der Waals surface area contributed by atoms with Crippen LogP contribution in [0, 0.1) is 5.82 Å². The third-order valence-electron chi connectivity index (χ3n) is 5.28. The van der Waals surface area contributed by atoms with Crippen molar-refractivity contribution < 1.29 is 13.9 Å². The summed E-state index contributed by atoms with van der Waals surface area (Å²) in [5.41, 5.74) is 2.05. The van der Waals surface area contributed by atoms with E-state index in [-0.39, 0.29) is 30.6 Å². The molecule has 0 aromatic heterocycles. The molecule has 3 rings (SSSR count). The first kappa shape index (κ1) is 28.0. The summed E-state index contributed by atoms with van der Waals surface area (Å²) < 4.78 is 25.8. The topological polar surface area (TPSA) is 33.7 Å². The van der Waals surface area contributed by atoms with Crippen LogP contribution in [0.25, 0.3) is 0 Å². The molecule has 0 radical (unpaired) electrons. The smallest absolute Gasteiger partial charge is 0.175 e. The first-order valence-electron chi connectivity index (χ1n) is 10.4. The number of likely N-dealkylation sites (tertiary alicyclic amines) is 1. The number of nitrogens with zero attached hydrogens (tertiary/aromatic N) is 1. The van der Waals surface area contributed by atoms with Crippen molar-refractivity contribution in [3.05, 3.63) is 57.8 Å². The lowest BCUT2D eigenvalue weighted by Crippen LogP contribution is -2.37. The Morgan fingerprint density at radius 1 is 1.10 bits per heavy atom. The van der Waals surface area contributed by atoms with Crippen LogP contribution in [-0.2, 0) is 13.2 Å². The zero-order valence-corrected chi connectivity index (χ0v) is 21.3. The molecule has 0 saturated carbocycles. The lowest BCUT2D eigenvalue weighted by Gasteiger charge is -2.23. The van der Waals surface area contributed by atoms with Gasteiger partial charge >= 0.3 is 0 Å². The fourth-order valence-electron chi connectivity index (χ4n) is 3.79. The number of likely N-dealkylation sites (N-methyl/N-ethyl adjacent to an activating group) is 1. The maximum atomic E-state index is 13.1. The molecule has 4 nitrogen and oxygen atoms in total. The molecule has 174 valence electrons. The Kier molecular flexibility index (Phi) is 12.8. The Morgan fingerprint density at radius 2 is 1.84 bits per heavy atom. The van der Waals surface area contributed by atoms with Gasteiger partial charge in [-0.05, 0) is 84.2 Å². The van der Waals surface area contributed by atoms with Gasteiger partial charge in [0.2, 0.25) is 0 Å². The average Bonchev–Trinajstić information content (AvgIpc) is 3.16. The molecule has 0 aliphatic carbocycles. The van der Waals surface area contributed by atoms with Crippen LogP contribution in [0.1, 0.15) is 37.8 Å². The van der Waals surface area contributed by atoms with Gasteiger partial charge in [-0.1, -0.05) is 19.1 Å². The molecule has 1 aliphatic heterocycles. The van der Waals surface area contributed by atoms with Crippen molar-refractivity contribution >= 4 is 40.7 Å². The molecular formula is C23H32BrCl2FN2O2. The van der Waals surface area contributed by atoms with Crippen molar-refractivity contribution in [2.24, 2.45) is 0 Å². The van der Waals surface area contributed by atoms with Crippen molar-refractivity contribution in [2.75, 3.05) is 26.2 Å². The molecule has 2 aromatic carbocycles. The molecule has 2 aromatic rings. The summed E-state index contributed by atoms with van der Waals surface area (Å²) in [5.74, 6) is 1.14. The Bertz CT molecular complexity index is 796. The highest BCUT2D eigenvalue weighted by molar-refractivity contribution is 9.10. The second-order valence-corrected chi connectivity index (χ2v) is 8.16. The van der Waals surface area contributed by atoms with Gasteiger partial charge in [0.15, 0.2) is 11.5 Å². The minimum Gasteiger partial charge on any atom is -0.490 e. The number of nitrogens with one attached hydrogen (secondary N) is 1. The molecule has 1 aliphatic rings. The Labute approximate surface area is 205 Å². The number of hydrogen-bond acceptors (Lipinski definition) is 4. The van der Waals surface area contributed by atoms with E-state index in [0.717, 1.165) is 41.0 Å². The first-order valence-corrected chi connectivity index (χ1v) is 11.2. The summed E-state index contributed by atoms with van der Waals surface area (Å²) in [4.78, 5) is 2.54. The fraction of sp³-hybridized carbons (Fsp3) is 0.478. The molecule has 1 N–H and O–H groups in total. The van der Waals surface area contributed by atoms with E-state index in [1.807, 2.05) is 13.0 Å². The van der Waals surface area contributed by atoms with Crippen LogP contribution in [0.4, 0.5) is 4.39 Å². The lowest BCUT2D eigenvalue weighted by atomic mass is 10.1. The van der Waals surface area contributed by atoms with Crippen molar-refractivity contribution in [2.45, 2.75) is 45.9 Å². The molecule has 0 amide bonds. The predicted octanol–water partition coefficient (Wildman–Crippen LogP) is 5.98. The summed E-state index contributed by atoms with van der Waals surface area (Å²) in [5, 5.41) is 3.59. The SMILES string of the molecule is CCOc1cc(CNCC2CCCN2CC)cc(Br)c1OCc1ccc(F)cc1.Cl.Cl. The molecule has 0 bridgehead atoms. The molecule has 1 heterocycles. The minimum atomic E-state index is -0.249. The molecule has 1 saturated heterocycles. The van der Waals surface area contributed by atoms with E-state index < -0.39 is 0 Å². The van der Waals surface area contributed by atoms with Crippen molar-refractivity contribution in [3.8, 4) is 11.5 Å². The Hall–Kier alpha value is -1.05. The molecule has 1 unspecified atom stereocenters. The molecule has 8 heteroatoms. The van der Waals surface area contributed by atoms with E-state index in [0.29, 0.717) is 25.0 Å². The lowest BCUT2D eigenvalue weighted by molar-refractivity contribution is 0.259. The van der Waals surface area contributed by atoms with E-state index in [1.54, 1.807) is 12.1 Å². The van der Waals surface area contributed by atoms with Crippen LogP contribution in [0.5, 0.6) is 11.5 Å². The minimum absolute atomic E-state index is 0. The quantitative estimate of drug-likeness (QED) is 0.404.